The molecule has 0 radical (unpaired) electrons. The van der Waals surface area contributed by atoms with E-state index in [0.717, 1.165) is 16.6 Å². The van der Waals surface area contributed by atoms with E-state index in [1.807, 2.05) is 37.3 Å². The SMILES string of the molecule is Cc1ccc(S(=O)(=O)OCC(O)C(c2ccccc2)n2ccc3cc(F)ccc32)cc1. The molecule has 2 atom stereocenters. The molecule has 0 bridgehead atoms. The Morgan fingerprint density at radius 3 is 2.42 bits per heavy atom. The first kappa shape index (κ1) is 21.2. The van der Waals surface area contributed by atoms with Gasteiger partial charge in [-0.2, -0.15) is 8.42 Å². The van der Waals surface area contributed by atoms with Gasteiger partial charge < -0.3 is 9.67 Å². The second kappa shape index (κ2) is 8.63. The van der Waals surface area contributed by atoms with Crippen LogP contribution in [0.25, 0.3) is 10.9 Å². The first-order chi connectivity index (χ1) is 14.8. The van der Waals surface area contributed by atoms with Crippen LogP contribution in [0.5, 0.6) is 0 Å². The van der Waals surface area contributed by atoms with Gasteiger partial charge in [0.15, 0.2) is 0 Å². The lowest BCUT2D eigenvalue weighted by Crippen LogP contribution is -2.30. The molecule has 0 saturated heterocycles. The third-order valence-corrected chi connectivity index (χ3v) is 6.49. The Hall–Kier alpha value is -3.00. The van der Waals surface area contributed by atoms with Crippen molar-refractivity contribution >= 4 is 21.0 Å². The van der Waals surface area contributed by atoms with Crippen molar-refractivity contribution < 1.29 is 22.1 Å². The summed E-state index contributed by atoms with van der Waals surface area (Å²) < 4.78 is 45.7. The van der Waals surface area contributed by atoms with Crippen molar-refractivity contribution in [3.05, 3.63) is 102 Å². The number of fused-ring (bicyclic) bond motifs is 1. The predicted molar refractivity (Wildman–Crippen MR) is 117 cm³/mol. The maximum atomic E-state index is 13.6. The molecule has 0 aliphatic carbocycles. The van der Waals surface area contributed by atoms with E-state index in [4.69, 9.17) is 4.18 Å². The molecule has 7 heteroatoms. The lowest BCUT2D eigenvalue weighted by Gasteiger charge is -2.26. The smallest absolute Gasteiger partial charge is 0.297 e. The van der Waals surface area contributed by atoms with Gasteiger partial charge >= 0.3 is 0 Å². The van der Waals surface area contributed by atoms with Gasteiger partial charge in [0.25, 0.3) is 10.1 Å². The Balaban J connectivity index is 1.65. The van der Waals surface area contributed by atoms with E-state index in [2.05, 4.69) is 0 Å². The van der Waals surface area contributed by atoms with Crippen molar-refractivity contribution in [2.75, 3.05) is 6.61 Å². The van der Waals surface area contributed by atoms with E-state index < -0.39 is 28.9 Å². The molecule has 4 aromatic rings. The molecule has 3 aromatic carbocycles. The Bertz CT molecular complexity index is 1280. The van der Waals surface area contributed by atoms with E-state index >= 15 is 0 Å². The predicted octanol–water partition coefficient (Wildman–Crippen LogP) is 4.44. The van der Waals surface area contributed by atoms with Crippen molar-refractivity contribution in [3.63, 3.8) is 0 Å². The highest BCUT2D eigenvalue weighted by molar-refractivity contribution is 7.86. The molecule has 0 fully saturated rings. The van der Waals surface area contributed by atoms with Crippen LogP contribution in [0.1, 0.15) is 17.2 Å². The molecule has 2 unspecified atom stereocenters. The zero-order valence-electron chi connectivity index (χ0n) is 16.9. The standard InChI is InChI=1S/C24H22FNO4S/c1-17-7-10-21(11-8-17)31(28,29)30-16-23(27)24(18-5-3-2-4-6-18)26-14-13-19-15-20(25)9-12-22(19)26/h2-15,23-24,27H,16H2,1H3. The first-order valence-corrected chi connectivity index (χ1v) is 11.2. The molecule has 31 heavy (non-hydrogen) atoms. The topological polar surface area (TPSA) is 68.5 Å². The van der Waals surface area contributed by atoms with Crippen LogP contribution in [0.3, 0.4) is 0 Å². The largest absolute Gasteiger partial charge is 0.388 e. The number of aliphatic hydroxyl groups excluding tert-OH is 1. The summed E-state index contributed by atoms with van der Waals surface area (Å²) in [5.74, 6) is -0.352. The highest BCUT2D eigenvalue weighted by atomic mass is 32.2. The van der Waals surface area contributed by atoms with Crippen LogP contribution in [-0.2, 0) is 14.3 Å². The number of nitrogens with zero attached hydrogens (tertiary/aromatic N) is 1. The molecule has 4 rings (SSSR count). The Labute approximate surface area is 180 Å². The van der Waals surface area contributed by atoms with E-state index in [0.29, 0.717) is 5.39 Å². The lowest BCUT2D eigenvalue weighted by atomic mass is 10.0. The van der Waals surface area contributed by atoms with Crippen molar-refractivity contribution in [2.45, 2.75) is 24.0 Å². The molecule has 0 aliphatic rings. The van der Waals surface area contributed by atoms with Crippen LogP contribution < -0.4 is 0 Å². The molecule has 5 nitrogen and oxygen atoms in total. The van der Waals surface area contributed by atoms with Crippen LogP contribution in [0, 0.1) is 12.7 Å². The Morgan fingerprint density at radius 2 is 1.71 bits per heavy atom. The van der Waals surface area contributed by atoms with Crippen molar-refractivity contribution in [1.29, 1.82) is 0 Å². The number of rotatable bonds is 7. The zero-order chi connectivity index (χ0) is 22.0. The molecule has 0 amide bonds. The zero-order valence-corrected chi connectivity index (χ0v) is 17.7. The van der Waals surface area contributed by atoms with Crippen LogP contribution in [-0.4, -0.2) is 30.8 Å². The Kier molecular flexibility index (Phi) is 5.91. The van der Waals surface area contributed by atoms with Gasteiger partial charge in [-0.15, -0.1) is 0 Å². The number of benzene rings is 3. The van der Waals surface area contributed by atoms with Gasteiger partial charge in [-0.1, -0.05) is 48.0 Å². The molecular formula is C24H22FNO4S. The summed E-state index contributed by atoms with van der Waals surface area (Å²) in [7, 11) is -4.02. The molecule has 0 aliphatic heterocycles. The number of aryl methyl sites for hydroxylation is 1. The first-order valence-electron chi connectivity index (χ1n) is 9.80. The van der Waals surface area contributed by atoms with Crippen LogP contribution in [0.15, 0.2) is 90.0 Å². The van der Waals surface area contributed by atoms with Gasteiger partial charge in [-0.25, -0.2) is 4.39 Å². The average Bonchev–Trinajstić information content (AvgIpc) is 3.16. The fraction of sp³-hybridized carbons (Fsp3) is 0.167. The summed E-state index contributed by atoms with van der Waals surface area (Å²) in [6.45, 7) is 1.43. The van der Waals surface area contributed by atoms with E-state index in [1.54, 1.807) is 35.0 Å². The normalized spacial score (nSPS) is 13.9. The highest BCUT2D eigenvalue weighted by Crippen LogP contribution is 2.29. The fourth-order valence-electron chi connectivity index (χ4n) is 3.62. The van der Waals surface area contributed by atoms with Gasteiger partial charge in [0, 0.05) is 17.1 Å². The molecule has 0 spiro atoms. The summed E-state index contributed by atoms with van der Waals surface area (Å²) in [5, 5.41) is 11.7. The van der Waals surface area contributed by atoms with Crippen LogP contribution >= 0.6 is 0 Å². The lowest BCUT2D eigenvalue weighted by molar-refractivity contribution is 0.0785. The van der Waals surface area contributed by atoms with Crippen molar-refractivity contribution in [1.82, 2.24) is 4.57 Å². The van der Waals surface area contributed by atoms with Crippen LogP contribution in [0.2, 0.25) is 0 Å². The monoisotopic (exact) mass is 439 g/mol. The second-order valence-corrected chi connectivity index (χ2v) is 9.02. The second-order valence-electron chi connectivity index (χ2n) is 7.40. The van der Waals surface area contributed by atoms with Gasteiger partial charge in [0.05, 0.1) is 17.5 Å². The van der Waals surface area contributed by atoms with Gasteiger partial charge in [-0.05, 0) is 48.9 Å². The maximum absolute atomic E-state index is 13.6. The third kappa shape index (κ3) is 4.54. The van der Waals surface area contributed by atoms with Gasteiger partial charge in [0.1, 0.15) is 11.9 Å². The molecule has 160 valence electrons. The molecule has 0 saturated carbocycles. The van der Waals surface area contributed by atoms with E-state index in [9.17, 15) is 17.9 Å². The van der Waals surface area contributed by atoms with Crippen molar-refractivity contribution in [3.8, 4) is 0 Å². The van der Waals surface area contributed by atoms with E-state index in [1.165, 1.54) is 24.3 Å². The minimum absolute atomic E-state index is 0.0310. The van der Waals surface area contributed by atoms with Crippen LogP contribution in [0.4, 0.5) is 4.39 Å². The summed E-state index contributed by atoms with van der Waals surface area (Å²) >= 11 is 0. The number of hydrogen-bond acceptors (Lipinski definition) is 4. The molecular weight excluding hydrogens is 417 g/mol. The quantitative estimate of drug-likeness (QED) is 0.432. The number of hydrogen-bond donors (Lipinski definition) is 1. The number of aromatic nitrogens is 1. The van der Waals surface area contributed by atoms with E-state index in [-0.39, 0.29) is 10.7 Å². The van der Waals surface area contributed by atoms with Gasteiger partial charge in [0.2, 0.25) is 0 Å². The molecule has 1 heterocycles. The summed E-state index contributed by atoms with van der Waals surface area (Å²) in [6, 6.07) is 21.1. The summed E-state index contributed by atoms with van der Waals surface area (Å²) in [5.41, 5.74) is 2.42. The highest BCUT2D eigenvalue weighted by Gasteiger charge is 2.27. The summed E-state index contributed by atoms with van der Waals surface area (Å²) in [6.07, 6.45) is 0.572. The summed E-state index contributed by atoms with van der Waals surface area (Å²) in [4.78, 5) is 0.0310. The minimum Gasteiger partial charge on any atom is -0.388 e. The fourth-order valence-corrected chi connectivity index (χ4v) is 4.54. The van der Waals surface area contributed by atoms with Crippen molar-refractivity contribution in [2.24, 2.45) is 0 Å². The molecule has 1 aromatic heterocycles. The average molecular weight is 440 g/mol. The number of halogens is 1. The number of aliphatic hydroxyl groups is 1. The Morgan fingerprint density at radius 1 is 1.00 bits per heavy atom. The third-order valence-electron chi connectivity index (χ3n) is 5.19. The van der Waals surface area contributed by atoms with Gasteiger partial charge in [-0.3, -0.25) is 4.18 Å². The minimum atomic E-state index is -4.02. The molecule has 1 N–H and O–H groups in total. The maximum Gasteiger partial charge on any atom is 0.297 e.